The quantitative estimate of drug-likeness (QED) is 0.221. The Morgan fingerprint density at radius 2 is 1.76 bits per heavy atom. The summed E-state index contributed by atoms with van der Waals surface area (Å²) in [6.45, 7) is 0. The number of fused-ring (bicyclic) bond motifs is 5. The molecule has 29 heavy (non-hydrogen) atoms. The maximum Gasteiger partial charge on any atom is 0.425 e. The van der Waals surface area contributed by atoms with Crippen molar-refractivity contribution in [3.05, 3.63) is 73.0 Å². The number of thiophene rings is 1. The number of rotatable bonds is 1. The molecule has 148 valence electrons. The molecule has 2 nitrogen and oxygen atoms in total. The molecule has 2 aromatic carbocycles. The fourth-order valence-electron chi connectivity index (χ4n) is 3.54. The maximum absolute atomic E-state index is 14.8. The summed E-state index contributed by atoms with van der Waals surface area (Å²) in [5, 5.41) is 0.825. The number of alkyl halides is 3. The molecule has 4 aromatic rings. The largest absolute Gasteiger partial charge is 0.464 e. The summed E-state index contributed by atoms with van der Waals surface area (Å²) in [4.78, 5) is -0.326. The smallest absolute Gasteiger partial charge is 0.425 e. The van der Waals surface area contributed by atoms with E-state index in [-0.39, 0.29) is 11.3 Å². The highest BCUT2D eigenvalue weighted by molar-refractivity contribution is 9.10. The Labute approximate surface area is 183 Å². The molecule has 0 N–H and O–H groups in total. The van der Waals surface area contributed by atoms with Crippen molar-refractivity contribution in [2.45, 2.75) is 12.4 Å². The van der Waals surface area contributed by atoms with Gasteiger partial charge in [-0.25, -0.2) is 4.39 Å². The van der Waals surface area contributed by atoms with Gasteiger partial charge >= 0.3 is 6.18 Å². The minimum atomic E-state index is -4.43. The molecular formula is C20H9Br2F4NOS. The molecule has 0 amide bonds. The number of nitrogens with zero attached hydrogens (tertiary/aromatic N) is 1. The van der Waals surface area contributed by atoms with Crippen LogP contribution >= 0.6 is 43.2 Å². The maximum atomic E-state index is 14.8. The lowest BCUT2D eigenvalue weighted by Crippen LogP contribution is -2.22. The van der Waals surface area contributed by atoms with E-state index >= 15 is 0 Å². The summed E-state index contributed by atoms with van der Waals surface area (Å²) in [7, 11) is 0. The molecule has 1 aliphatic heterocycles. The van der Waals surface area contributed by atoms with Crippen molar-refractivity contribution in [3.63, 3.8) is 0 Å². The second kappa shape index (κ2) is 6.58. The van der Waals surface area contributed by atoms with Crippen molar-refractivity contribution >= 4 is 54.1 Å². The summed E-state index contributed by atoms with van der Waals surface area (Å²) in [6, 6.07) is 12.8. The van der Waals surface area contributed by atoms with Gasteiger partial charge in [-0.15, -0.1) is 11.3 Å². The van der Waals surface area contributed by atoms with E-state index in [9.17, 15) is 17.6 Å². The SMILES string of the molecule is Fc1cc(Br)cc2c1-c1cc3cc(Br)ccc3n1C(c1ccc(C(F)(F)F)s1)O2. The Kier molecular flexibility index (Phi) is 4.34. The Hall–Kier alpha value is -1.84. The number of hydrogen-bond acceptors (Lipinski definition) is 2. The van der Waals surface area contributed by atoms with Gasteiger partial charge in [0.2, 0.25) is 6.23 Å². The molecule has 0 saturated carbocycles. The first-order valence-electron chi connectivity index (χ1n) is 8.36. The van der Waals surface area contributed by atoms with Gasteiger partial charge in [-0.3, -0.25) is 4.57 Å². The molecule has 1 atom stereocenters. The van der Waals surface area contributed by atoms with Crippen molar-refractivity contribution in [1.82, 2.24) is 4.57 Å². The molecule has 3 heterocycles. The number of benzene rings is 2. The predicted molar refractivity (Wildman–Crippen MR) is 111 cm³/mol. The van der Waals surface area contributed by atoms with E-state index in [1.165, 1.54) is 12.1 Å². The Morgan fingerprint density at radius 3 is 2.48 bits per heavy atom. The van der Waals surface area contributed by atoms with Crippen LogP contribution in [0.5, 0.6) is 5.75 Å². The Balaban J connectivity index is 1.79. The van der Waals surface area contributed by atoms with Gasteiger partial charge in [-0.1, -0.05) is 31.9 Å². The lowest BCUT2D eigenvalue weighted by Gasteiger charge is -2.29. The van der Waals surface area contributed by atoms with Gasteiger partial charge in [0.05, 0.1) is 21.7 Å². The summed E-state index contributed by atoms with van der Waals surface area (Å²) < 4.78 is 63.4. The van der Waals surface area contributed by atoms with E-state index in [0.717, 1.165) is 21.4 Å². The molecule has 5 rings (SSSR count). The summed E-state index contributed by atoms with van der Waals surface area (Å²) in [6.07, 6.45) is -5.28. The van der Waals surface area contributed by atoms with Crippen LogP contribution in [0.3, 0.4) is 0 Å². The minimum Gasteiger partial charge on any atom is -0.464 e. The highest BCUT2D eigenvalue weighted by Crippen LogP contribution is 2.48. The first-order valence-corrected chi connectivity index (χ1v) is 10.8. The highest BCUT2D eigenvalue weighted by atomic mass is 79.9. The average Bonchev–Trinajstić information content (AvgIpc) is 3.24. The van der Waals surface area contributed by atoms with Crippen LogP contribution in [0.15, 0.2) is 57.5 Å². The molecule has 0 aliphatic carbocycles. The first kappa shape index (κ1) is 19.1. The molecule has 0 bridgehead atoms. The molecule has 1 unspecified atom stereocenters. The second-order valence-corrected chi connectivity index (χ2v) is 9.48. The van der Waals surface area contributed by atoms with Crippen LogP contribution in [0.25, 0.3) is 22.2 Å². The van der Waals surface area contributed by atoms with Crippen molar-refractivity contribution in [2.24, 2.45) is 0 Å². The lowest BCUT2D eigenvalue weighted by atomic mass is 10.1. The molecule has 9 heteroatoms. The van der Waals surface area contributed by atoms with Crippen molar-refractivity contribution in [2.75, 3.05) is 0 Å². The Morgan fingerprint density at radius 1 is 0.966 bits per heavy atom. The van der Waals surface area contributed by atoms with Crippen LogP contribution in [0.1, 0.15) is 16.0 Å². The van der Waals surface area contributed by atoms with E-state index in [2.05, 4.69) is 31.9 Å². The highest BCUT2D eigenvalue weighted by Gasteiger charge is 2.36. The first-order chi connectivity index (χ1) is 13.7. The van der Waals surface area contributed by atoms with Crippen LogP contribution in [-0.4, -0.2) is 4.57 Å². The minimum absolute atomic E-state index is 0.276. The summed E-state index contributed by atoms with van der Waals surface area (Å²) >= 11 is 7.30. The third-order valence-corrected chi connectivity index (χ3v) is 6.81. The Bertz CT molecular complexity index is 1280. The summed E-state index contributed by atoms with van der Waals surface area (Å²) in [5.41, 5.74) is 1.57. The third kappa shape index (κ3) is 3.10. The van der Waals surface area contributed by atoms with Crippen LogP contribution in [0.2, 0.25) is 0 Å². The van der Waals surface area contributed by atoms with Gasteiger partial charge in [0, 0.05) is 14.3 Å². The molecule has 0 spiro atoms. The summed E-state index contributed by atoms with van der Waals surface area (Å²) in [5.74, 6) is -0.198. The normalized spacial score (nSPS) is 15.9. The van der Waals surface area contributed by atoms with Crippen LogP contribution < -0.4 is 4.74 Å². The van der Waals surface area contributed by atoms with E-state index < -0.39 is 23.1 Å². The number of aromatic nitrogens is 1. The van der Waals surface area contributed by atoms with Gasteiger partial charge < -0.3 is 4.74 Å². The molecule has 2 aromatic heterocycles. The van der Waals surface area contributed by atoms with Crippen molar-refractivity contribution in [3.8, 4) is 17.0 Å². The zero-order valence-corrected chi connectivity index (χ0v) is 18.2. The zero-order valence-electron chi connectivity index (χ0n) is 14.2. The number of hydrogen-bond donors (Lipinski definition) is 0. The van der Waals surface area contributed by atoms with Crippen molar-refractivity contribution in [1.29, 1.82) is 0 Å². The second-order valence-electron chi connectivity index (χ2n) is 6.53. The van der Waals surface area contributed by atoms with E-state index in [1.807, 2.05) is 24.3 Å². The van der Waals surface area contributed by atoms with Crippen LogP contribution in [0.4, 0.5) is 17.6 Å². The molecule has 1 aliphatic rings. The average molecular weight is 547 g/mol. The fourth-order valence-corrected chi connectivity index (χ4v) is 5.22. The topological polar surface area (TPSA) is 14.2 Å². The molecule has 0 fully saturated rings. The monoisotopic (exact) mass is 545 g/mol. The molecule has 0 saturated heterocycles. The standard InChI is InChI=1S/C20H9Br2F4NOS/c21-10-1-2-13-9(5-10)6-14-18-12(23)7-11(22)8-15(18)28-19(27(13)14)16-3-4-17(29-16)20(24,25)26/h1-8,19H. The third-order valence-electron chi connectivity index (χ3n) is 4.70. The fraction of sp³-hybridized carbons (Fsp3) is 0.100. The molecular weight excluding hydrogens is 538 g/mol. The number of ether oxygens (including phenoxy) is 1. The number of halogens is 6. The van der Waals surface area contributed by atoms with Crippen LogP contribution in [-0.2, 0) is 6.18 Å². The van der Waals surface area contributed by atoms with Gasteiger partial charge in [-0.05, 0) is 48.5 Å². The molecule has 0 radical (unpaired) electrons. The van der Waals surface area contributed by atoms with E-state index in [4.69, 9.17) is 4.74 Å². The zero-order chi connectivity index (χ0) is 20.5. The van der Waals surface area contributed by atoms with E-state index in [1.54, 1.807) is 10.6 Å². The van der Waals surface area contributed by atoms with Crippen LogP contribution in [0, 0.1) is 5.82 Å². The van der Waals surface area contributed by atoms with Gasteiger partial charge in [0.25, 0.3) is 0 Å². The van der Waals surface area contributed by atoms with Gasteiger partial charge in [-0.2, -0.15) is 13.2 Å². The van der Waals surface area contributed by atoms with Gasteiger partial charge in [0.15, 0.2) is 0 Å². The van der Waals surface area contributed by atoms with Gasteiger partial charge in [0.1, 0.15) is 16.4 Å². The predicted octanol–water partition coefficient (Wildman–Crippen LogP) is 7.99. The van der Waals surface area contributed by atoms with Crippen molar-refractivity contribution < 1.29 is 22.3 Å². The lowest BCUT2D eigenvalue weighted by molar-refractivity contribution is -0.134. The van der Waals surface area contributed by atoms with E-state index in [0.29, 0.717) is 26.4 Å².